The maximum absolute atomic E-state index is 6.21. The van der Waals surface area contributed by atoms with Crippen LogP contribution in [-0.2, 0) is 13.0 Å². The summed E-state index contributed by atoms with van der Waals surface area (Å²) in [6.45, 7) is 11.5. The van der Waals surface area contributed by atoms with Crippen LogP contribution in [0.1, 0.15) is 31.5 Å². The van der Waals surface area contributed by atoms with Gasteiger partial charge in [0.25, 0.3) is 0 Å². The number of aromatic nitrogens is 1. The second-order valence-electron chi connectivity index (χ2n) is 7.88. The fraction of sp³-hybridized carbons (Fsp3) is 0.600. The van der Waals surface area contributed by atoms with E-state index in [9.17, 15) is 0 Å². The smallest absolute Gasteiger partial charge is 0.0460 e. The molecule has 1 saturated heterocycles. The number of benzene rings is 1. The van der Waals surface area contributed by atoms with E-state index >= 15 is 0 Å². The molecule has 5 heteroatoms. The topological polar surface area (TPSA) is 34.3 Å². The normalized spacial score (nSPS) is 25.4. The average Bonchev–Trinajstić information content (AvgIpc) is 2.91. The molecule has 0 radical (unpaired) electrons. The molecule has 3 heterocycles. The van der Waals surface area contributed by atoms with Gasteiger partial charge in [-0.2, -0.15) is 0 Å². The number of rotatable bonds is 4. The summed E-state index contributed by atoms with van der Waals surface area (Å²) in [4.78, 5) is 8.80. The predicted molar refractivity (Wildman–Crippen MR) is 105 cm³/mol. The Labute approximate surface area is 155 Å². The summed E-state index contributed by atoms with van der Waals surface area (Å²) >= 11 is 6.21. The Hall–Kier alpha value is -1.07. The summed E-state index contributed by atoms with van der Waals surface area (Å²) in [5.74, 6) is 0. The Balaban J connectivity index is 1.35. The quantitative estimate of drug-likeness (QED) is 0.878. The first-order valence-corrected chi connectivity index (χ1v) is 9.96. The van der Waals surface area contributed by atoms with Crippen LogP contribution in [0.25, 0.3) is 10.9 Å². The highest BCUT2D eigenvalue weighted by Crippen LogP contribution is 2.29. The fourth-order valence-electron chi connectivity index (χ4n) is 4.57. The molecule has 0 spiro atoms. The summed E-state index contributed by atoms with van der Waals surface area (Å²) in [7, 11) is 0. The molecule has 0 saturated carbocycles. The molecule has 4 rings (SSSR count). The standard InChI is InChI=1S/C20H29ClN4/c1-14-11-25(12-15(2)22-14)8-3-7-24-9-6-20-18(13-24)17-10-16(21)4-5-19(17)23-20/h4-5,10,14-15,22-23H,3,6-9,11-13H2,1-2H3. The van der Waals surface area contributed by atoms with Gasteiger partial charge >= 0.3 is 0 Å². The molecule has 1 aromatic carbocycles. The van der Waals surface area contributed by atoms with Gasteiger partial charge in [0.1, 0.15) is 0 Å². The number of piperazine rings is 1. The van der Waals surface area contributed by atoms with Crippen molar-refractivity contribution in [3.05, 3.63) is 34.5 Å². The van der Waals surface area contributed by atoms with E-state index in [1.807, 2.05) is 6.07 Å². The molecule has 1 fully saturated rings. The van der Waals surface area contributed by atoms with Crippen LogP contribution in [0.5, 0.6) is 0 Å². The van der Waals surface area contributed by atoms with Crippen LogP contribution >= 0.6 is 11.6 Å². The third-order valence-corrected chi connectivity index (χ3v) is 5.83. The van der Waals surface area contributed by atoms with Gasteiger partial charge < -0.3 is 15.2 Å². The largest absolute Gasteiger partial charge is 0.358 e. The SMILES string of the molecule is CC1CN(CCCN2CCc3[nH]c4ccc(Cl)cc4c3C2)CC(C)N1. The minimum atomic E-state index is 0.609. The Bertz CT molecular complexity index is 731. The zero-order chi connectivity index (χ0) is 17.4. The van der Waals surface area contributed by atoms with Crippen molar-refractivity contribution in [2.45, 2.75) is 45.3 Å². The van der Waals surface area contributed by atoms with Crippen LogP contribution in [0, 0.1) is 0 Å². The van der Waals surface area contributed by atoms with Crippen molar-refractivity contribution < 1.29 is 0 Å². The molecule has 0 aliphatic carbocycles. The van der Waals surface area contributed by atoms with Gasteiger partial charge in [-0.05, 0) is 57.1 Å². The van der Waals surface area contributed by atoms with E-state index in [-0.39, 0.29) is 0 Å². The Morgan fingerprint density at radius 1 is 1.12 bits per heavy atom. The molecule has 25 heavy (non-hydrogen) atoms. The summed E-state index contributed by atoms with van der Waals surface area (Å²) in [6.07, 6.45) is 2.36. The molecule has 1 aromatic heterocycles. The van der Waals surface area contributed by atoms with Gasteiger partial charge in [0, 0.05) is 66.3 Å². The third kappa shape index (κ3) is 3.87. The summed E-state index contributed by atoms with van der Waals surface area (Å²) in [5.41, 5.74) is 4.08. The number of nitrogens with zero attached hydrogens (tertiary/aromatic N) is 2. The maximum atomic E-state index is 6.21. The maximum Gasteiger partial charge on any atom is 0.0460 e. The minimum Gasteiger partial charge on any atom is -0.358 e. The van der Waals surface area contributed by atoms with E-state index < -0.39 is 0 Å². The second kappa shape index (κ2) is 7.28. The van der Waals surface area contributed by atoms with E-state index in [1.165, 1.54) is 54.8 Å². The minimum absolute atomic E-state index is 0.609. The molecule has 0 bridgehead atoms. The molecule has 2 aliphatic heterocycles. The van der Waals surface area contributed by atoms with E-state index in [0.717, 1.165) is 24.5 Å². The van der Waals surface area contributed by atoms with Crippen molar-refractivity contribution in [1.82, 2.24) is 20.1 Å². The Morgan fingerprint density at radius 2 is 1.88 bits per heavy atom. The highest BCUT2D eigenvalue weighted by Gasteiger charge is 2.22. The molecular weight excluding hydrogens is 332 g/mol. The van der Waals surface area contributed by atoms with Crippen LogP contribution in [0.2, 0.25) is 5.02 Å². The number of aromatic amines is 1. The lowest BCUT2D eigenvalue weighted by atomic mass is 10.0. The van der Waals surface area contributed by atoms with Gasteiger partial charge in [-0.15, -0.1) is 0 Å². The van der Waals surface area contributed by atoms with Crippen molar-refractivity contribution >= 4 is 22.5 Å². The van der Waals surface area contributed by atoms with Crippen LogP contribution in [0.3, 0.4) is 0 Å². The third-order valence-electron chi connectivity index (χ3n) is 5.60. The molecule has 2 N–H and O–H groups in total. The van der Waals surface area contributed by atoms with Crippen molar-refractivity contribution in [3.8, 4) is 0 Å². The van der Waals surface area contributed by atoms with Gasteiger partial charge in [0.15, 0.2) is 0 Å². The van der Waals surface area contributed by atoms with Crippen LogP contribution in [-0.4, -0.2) is 59.6 Å². The van der Waals surface area contributed by atoms with Crippen molar-refractivity contribution in [2.24, 2.45) is 0 Å². The van der Waals surface area contributed by atoms with Gasteiger partial charge in [-0.25, -0.2) is 0 Å². The van der Waals surface area contributed by atoms with E-state index in [1.54, 1.807) is 0 Å². The molecule has 2 atom stereocenters. The zero-order valence-corrected chi connectivity index (χ0v) is 16.1. The number of H-pyrrole nitrogens is 1. The summed E-state index contributed by atoms with van der Waals surface area (Å²) < 4.78 is 0. The number of halogens is 1. The van der Waals surface area contributed by atoms with E-state index in [4.69, 9.17) is 11.6 Å². The molecule has 136 valence electrons. The molecule has 2 aliphatic rings. The lowest BCUT2D eigenvalue weighted by Crippen LogP contribution is -2.54. The van der Waals surface area contributed by atoms with Crippen molar-refractivity contribution in [3.63, 3.8) is 0 Å². The molecule has 0 amide bonds. The number of nitrogens with one attached hydrogen (secondary N) is 2. The first-order valence-electron chi connectivity index (χ1n) is 9.58. The van der Waals surface area contributed by atoms with Gasteiger partial charge in [0.2, 0.25) is 0 Å². The number of fused-ring (bicyclic) bond motifs is 3. The van der Waals surface area contributed by atoms with Crippen LogP contribution in [0.4, 0.5) is 0 Å². The van der Waals surface area contributed by atoms with Crippen LogP contribution < -0.4 is 5.32 Å². The fourth-order valence-corrected chi connectivity index (χ4v) is 4.75. The van der Waals surface area contributed by atoms with Crippen LogP contribution in [0.15, 0.2) is 18.2 Å². The van der Waals surface area contributed by atoms with Gasteiger partial charge in [-0.3, -0.25) is 4.90 Å². The summed E-state index contributed by atoms with van der Waals surface area (Å²) in [6, 6.07) is 7.40. The molecule has 4 nitrogen and oxygen atoms in total. The van der Waals surface area contributed by atoms with Gasteiger partial charge in [0.05, 0.1) is 0 Å². The lowest BCUT2D eigenvalue weighted by Gasteiger charge is -2.36. The summed E-state index contributed by atoms with van der Waals surface area (Å²) in [5, 5.41) is 5.74. The van der Waals surface area contributed by atoms with Crippen molar-refractivity contribution in [1.29, 1.82) is 0 Å². The molecular formula is C20H29ClN4. The Kier molecular flexibility index (Phi) is 5.05. The van der Waals surface area contributed by atoms with E-state index in [2.05, 4.69) is 46.1 Å². The molecule has 2 unspecified atom stereocenters. The molecule has 2 aromatic rings. The predicted octanol–water partition coefficient (Wildman–Crippen LogP) is 3.25. The Morgan fingerprint density at radius 3 is 2.68 bits per heavy atom. The van der Waals surface area contributed by atoms with E-state index in [0.29, 0.717) is 12.1 Å². The lowest BCUT2D eigenvalue weighted by molar-refractivity contribution is 0.159. The highest BCUT2D eigenvalue weighted by atomic mass is 35.5. The monoisotopic (exact) mass is 360 g/mol. The highest BCUT2D eigenvalue weighted by molar-refractivity contribution is 6.31. The first kappa shape index (κ1) is 17.3. The number of hydrogen-bond acceptors (Lipinski definition) is 3. The van der Waals surface area contributed by atoms with Gasteiger partial charge in [-0.1, -0.05) is 11.6 Å². The number of hydrogen-bond donors (Lipinski definition) is 2. The zero-order valence-electron chi connectivity index (χ0n) is 15.3. The first-order chi connectivity index (χ1) is 12.1. The van der Waals surface area contributed by atoms with Crippen molar-refractivity contribution in [2.75, 3.05) is 32.7 Å². The second-order valence-corrected chi connectivity index (χ2v) is 8.32. The average molecular weight is 361 g/mol.